The fourth-order valence-electron chi connectivity index (χ4n) is 3.17. The highest BCUT2D eigenvalue weighted by molar-refractivity contribution is 7.98. The summed E-state index contributed by atoms with van der Waals surface area (Å²) in [5.74, 6) is 0.628. The van der Waals surface area contributed by atoms with Gasteiger partial charge in [-0.2, -0.15) is 0 Å². The highest BCUT2D eigenvalue weighted by atomic mass is 32.2. The Morgan fingerprint density at radius 1 is 1.13 bits per heavy atom. The van der Waals surface area contributed by atoms with Crippen molar-refractivity contribution >= 4 is 39.8 Å². The Morgan fingerprint density at radius 3 is 2.63 bits per heavy atom. The molecule has 0 fully saturated rings. The second-order valence-corrected chi connectivity index (χ2v) is 8.80. The lowest BCUT2D eigenvalue weighted by Crippen LogP contribution is -2.22. The predicted octanol–water partition coefficient (Wildman–Crippen LogP) is 5.92. The lowest BCUT2D eigenvalue weighted by atomic mass is 10.2. The van der Waals surface area contributed by atoms with E-state index >= 15 is 0 Å². The molecule has 0 aliphatic rings. The van der Waals surface area contributed by atoms with Crippen LogP contribution in [-0.4, -0.2) is 20.4 Å². The van der Waals surface area contributed by atoms with Gasteiger partial charge in [-0.1, -0.05) is 36.0 Å². The number of carbonyl (C=O) groups is 1. The average Bonchev–Trinajstić information content (AvgIpc) is 3.36. The van der Waals surface area contributed by atoms with Gasteiger partial charge in [0.2, 0.25) is 5.91 Å². The van der Waals surface area contributed by atoms with Gasteiger partial charge in [0.05, 0.1) is 11.4 Å². The first-order valence-electron chi connectivity index (χ1n) is 9.56. The largest absolute Gasteiger partial charge is 0.295 e. The predicted molar refractivity (Wildman–Crippen MR) is 124 cm³/mol. The molecule has 0 saturated carbocycles. The first-order valence-corrected chi connectivity index (χ1v) is 11.4. The molecule has 0 N–H and O–H groups in total. The minimum absolute atomic E-state index is 0.0517. The highest BCUT2D eigenvalue weighted by Gasteiger charge is 2.18. The minimum atomic E-state index is -0.0517. The zero-order valence-corrected chi connectivity index (χ0v) is 18.7. The molecule has 0 aliphatic heterocycles. The molecular weight excluding hydrogens is 412 g/mol. The molecule has 0 saturated heterocycles. The Hall–Kier alpha value is -2.90. The Balaban J connectivity index is 1.52. The van der Waals surface area contributed by atoms with Crippen LogP contribution in [0.2, 0.25) is 0 Å². The summed E-state index contributed by atoms with van der Waals surface area (Å²) in [6.45, 7) is 5.66. The van der Waals surface area contributed by atoms with E-state index in [1.807, 2.05) is 55.0 Å². The standard InChI is InChI=1S/C23H22N4OS2/c1-16-6-4-8-20(12-16)26-11-10-24-22(26)29-14-19-15-30-23(25-19)27(18(3)28)21-9-5-7-17(2)13-21/h4-13,15H,14H2,1-3H3. The van der Waals surface area contributed by atoms with Crippen LogP contribution >= 0.6 is 23.1 Å². The quantitative estimate of drug-likeness (QED) is 0.353. The average molecular weight is 435 g/mol. The Bertz CT molecular complexity index is 1180. The summed E-state index contributed by atoms with van der Waals surface area (Å²) in [5.41, 5.74) is 5.18. The maximum absolute atomic E-state index is 12.3. The SMILES string of the molecule is CC(=O)N(c1cccc(C)c1)c1nc(CSc2nccn2-c2cccc(C)c2)cs1. The van der Waals surface area contributed by atoms with Crippen LogP contribution in [0.25, 0.3) is 5.69 Å². The number of anilines is 2. The number of imidazole rings is 1. The lowest BCUT2D eigenvalue weighted by molar-refractivity contribution is -0.115. The second kappa shape index (κ2) is 8.85. The number of hydrogen-bond acceptors (Lipinski definition) is 5. The van der Waals surface area contributed by atoms with E-state index in [-0.39, 0.29) is 5.91 Å². The van der Waals surface area contributed by atoms with Crippen molar-refractivity contribution in [3.8, 4) is 5.69 Å². The van der Waals surface area contributed by atoms with Crippen LogP contribution in [0.4, 0.5) is 10.8 Å². The van der Waals surface area contributed by atoms with E-state index in [4.69, 9.17) is 4.98 Å². The van der Waals surface area contributed by atoms with Gasteiger partial charge < -0.3 is 0 Å². The number of benzene rings is 2. The summed E-state index contributed by atoms with van der Waals surface area (Å²) < 4.78 is 2.08. The molecule has 0 unspecified atom stereocenters. The first kappa shape index (κ1) is 20.4. The van der Waals surface area contributed by atoms with Gasteiger partial charge in [0.1, 0.15) is 0 Å². The van der Waals surface area contributed by atoms with Crippen molar-refractivity contribution < 1.29 is 4.79 Å². The zero-order valence-electron chi connectivity index (χ0n) is 17.1. The van der Waals surface area contributed by atoms with Crippen molar-refractivity contribution in [1.82, 2.24) is 14.5 Å². The van der Waals surface area contributed by atoms with Gasteiger partial charge >= 0.3 is 0 Å². The summed E-state index contributed by atoms with van der Waals surface area (Å²) in [4.78, 5) is 23.2. The minimum Gasteiger partial charge on any atom is -0.295 e. The van der Waals surface area contributed by atoms with Crippen molar-refractivity contribution in [2.45, 2.75) is 31.7 Å². The summed E-state index contributed by atoms with van der Waals surface area (Å²) in [6.07, 6.45) is 3.78. The summed E-state index contributed by atoms with van der Waals surface area (Å²) in [7, 11) is 0. The highest BCUT2D eigenvalue weighted by Crippen LogP contribution is 2.32. The summed E-state index contributed by atoms with van der Waals surface area (Å²) in [5, 5.41) is 3.61. The van der Waals surface area contributed by atoms with E-state index in [1.165, 1.54) is 16.9 Å². The number of aromatic nitrogens is 3. The molecule has 0 radical (unpaired) electrons. The number of thiazole rings is 1. The van der Waals surface area contributed by atoms with E-state index in [0.29, 0.717) is 10.9 Å². The Kier molecular flexibility index (Phi) is 6.01. The van der Waals surface area contributed by atoms with Crippen molar-refractivity contribution in [2.75, 3.05) is 4.90 Å². The molecule has 30 heavy (non-hydrogen) atoms. The Morgan fingerprint density at radius 2 is 1.90 bits per heavy atom. The van der Waals surface area contributed by atoms with Gasteiger partial charge in [-0.25, -0.2) is 9.97 Å². The summed E-state index contributed by atoms with van der Waals surface area (Å²) >= 11 is 3.11. The molecule has 1 amide bonds. The number of hydrogen-bond donors (Lipinski definition) is 0. The number of amides is 1. The molecule has 0 bridgehead atoms. The molecule has 5 nitrogen and oxygen atoms in total. The van der Waals surface area contributed by atoms with Gasteiger partial charge in [-0.3, -0.25) is 14.3 Å². The van der Waals surface area contributed by atoms with Crippen molar-refractivity contribution in [1.29, 1.82) is 0 Å². The van der Waals surface area contributed by atoms with Crippen molar-refractivity contribution in [3.63, 3.8) is 0 Å². The van der Waals surface area contributed by atoms with Crippen LogP contribution in [0.3, 0.4) is 0 Å². The molecule has 2 aromatic heterocycles. The van der Waals surface area contributed by atoms with E-state index in [1.54, 1.807) is 23.6 Å². The molecule has 2 heterocycles. The number of nitrogens with zero attached hydrogens (tertiary/aromatic N) is 4. The molecule has 4 rings (SSSR count). The van der Waals surface area contributed by atoms with Crippen molar-refractivity contribution in [2.24, 2.45) is 0 Å². The molecule has 2 aromatic carbocycles. The third-order valence-electron chi connectivity index (χ3n) is 4.54. The Labute approximate surface area is 184 Å². The van der Waals surface area contributed by atoms with Crippen LogP contribution in [0.5, 0.6) is 0 Å². The number of thioether (sulfide) groups is 1. The van der Waals surface area contributed by atoms with Crippen LogP contribution in [0.1, 0.15) is 23.7 Å². The fourth-order valence-corrected chi connectivity index (χ4v) is 5.03. The molecule has 7 heteroatoms. The fraction of sp³-hybridized carbons (Fsp3) is 0.174. The molecule has 4 aromatic rings. The first-order chi connectivity index (χ1) is 14.5. The zero-order chi connectivity index (χ0) is 21.1. The van der Waals surface area contributed by atoms with E-state index in [0.717, 1.165) is 27.8 Å². The topological polar surface area (TPSA) is 51.0 Å². The van der Waals surface area contributed by atoms with Crippen LogP contribution < -0.4 is 4.90 Å². The van der Waals surface area contributed by atoms with E-state index in [9.17, 15) is 4.79 Å². The van der Waals surface area contributed by atoms with Gasteiger partial charge in [0, 0.05) is 36.1 Å². The lowest BCUT2D eigenvalue weighted by Gasteiger charge is -2.18. The molecule has 152 valence electrons. The normalized spacial score (nSPS) is 10.9. The number of carbonyl (C=O) groups excluding carboxylic acids is 1. The molecule has 0 atom stereocenters. The van der Waals surface area contributed by atoms with Crippen LogP contribution in [0.15, 0.2) is 71.5 Å². The third kappa shape index (κ3) is 4.47. The number of aryl methyl sites for hydroxylation is 2. The maximum Gasteiger partial charge on any atom is 0.230 e. The molecule has 0 aliphatic carbocycles. The number of rotatable bonds is 6. The van der Waals surface area contributed by atoms with Crippen molar-refractivity contribution in [3.05, 3.63) is 83.1 Å². The smallest absolute Gasteiger partial charge is 0.230 e. The second-order valence-electron chi connectivity index (χ2n) is 7.02. The third-order valence-corrected chi connectivity index (χ3v) is 6.42. The van der Waals surface area contributed by atoms with Gasteiger partial charge in [0.15, 0.2) is 10.3 Å². The van der Waals surface area contributed by atoms with E-state index < -0.39 is 0 Å². The van der Waals surface area contributed by atoms with Crippen LogP contribution in [0, 0.1) is 13.8 Å². The maximum atomic E-state index is 12.3. The van der Waals surface area contributed by atoms with E-state index in [2.05, 4.69) is 34.7 Å². The summed E-state index contributed by atoms with van der Waals surface area (Å²) in [6, 6.07) is 16.2. The van der Waals surface area contributed by atoms with Gasteiger partial charge in [0.25, 0.3) is 0 Å². The molecular formula is C23H22N4OS2. The monoisotopic (exact) mass is 434 g/mol. The van der Waals surface area contributed by atoms with Gasteiger partial charge in [-0.05, 0) is 49.2 Å². The van der Waals surface area contributed by atoms with Crippen LogP contribution in [-0.2, 0) is 10.5 Å². The van der Waals surface area contributed by atoms with Gasteiger partial charge in [-0.15, -0.1) is 11.3 Å². The molecule has 0 spiro atoms.